The van der Waals surface area contributed by atoms with Gasteiger partial charge in [0.05, 0.1) is 5.01 Å². The van der Waals surface area contributed by atoms with Crippen molar-refractivity contribution < 1.29 is 4.79 Å². The Morgan fingerprint density at radius 2 is 2.39 bits per heavy atom. The summed E-state index contributed by atoms with van der Waals surface area (Å²) in [6.45, 7) is 2.60. The first-order valence-corrected chi connectivity index (χ1v) is 7.33. The average Bonchev–Trinajstić information content (AvgIpc) is 2.98. The predicted octanol–water partition coefficient (Wildman–Crippen LogP) is 1.92. The van der Waals surface area contributed by atoms with Gasteiger partial charge in [-0.3, -0.25) is 10.1 Å². The summed E-state index contributed by atoms with van der Waals surface area (Å²) >= 11 is 2.94. The highest BCUT2D eigenvalue weighted by Gasteiger charge is 2.12. The normalized spacial score (nSPS) is 10.6. The topological polar surface area (TPSA) is 80.9 Å². The zero-order valence-corrected chi connectivity index (χ0v) is 11.6. The minimum Gasteiger partial charge on any atom is -0.330 e. The minimum absolute atomic E-state index is 0.216. The Hall–Kier alpha value is -1.31. The van der Waals surface area contributed by atoms with E-state index in [4.69, 9.17) is 5.73 Å². The highest BCUT2D eigenvalue weighted by Crippen LogP contribution is 2.19. The summed E-state index contributed by atoms with van der Waals surface area (Å²) in [5, 5.41) is 6.00. The highest BCUT2D eigenvalue weighted by atomic mass is 32.1. The predicted molar refractivity (Wildman–Crippen MR) is 74.3 cm³/mol. The van der Waals surface area contributed by atoms with E-state index in [0.717, 1.165) is 16.3 Å². The van der Waals surface area contributed by atoms with Gasteiger partial charge in [-0.2, -0.15) is 0 Å². The van der Waals surface area contributed by atoms with Crippen LogP contribution < -0.4 is 11.1 Å². The Balaban J connectivity index is 2.02. The lowest BCUT2D eigenvalue weighted by atomic mass is 10.4. The number of aryl methyl sites for hydroxylation is 1. The molecule has 7 heteroatoms. The van der Waals surface area contributed by atoms with E-state index in [1.807, 2.05) is 0 Å². The van der Waals surface area contributed by atoms with Crippen molar-refractivity contribution in [1.29, 1.82) is 0 Å². The van der Waals surface area contributed by atoms with E-state index in [1.54, 1.807) is 11.6 Å². The lowest BCUT2D eigenvalue weighted by Gasteiger charge is -1.97. The number of nitrogens with zero attached hydrogens (tertiary/aromatic N) is 2. The van der Waals surface area contributed by atoms with Crippen molar-refractivity contribution in [2.75, 3.05) is 11.9 Å². The molecule has 18 heavy (non-hydrogen) atoms. The highest BCUT2D eigenvalue weighted by molar-refractivity contribution is 7.15. The third-order valence-electron chi connectivity index (χ3n) is 2.27. The molecule has 1 amide bonds. The number of hydrogen-bond donors (Lipinski definition) is 2. The molecule has 0 bridgehead atoms. The van der Waals surface area contributed by atoms with Crippen LogP contribution >= 0.6 is 22.7 Å². The van der Waals surface area contributed by atoms with Crippen LogP contribution in [0.5, 0.6) is 0 Å². The number of rotatable bonds is 5. The van der Waals surface area contributed by atoms with Gasteiger partial charge in [-0.1, -0.05) is 6.92 Å². The van der Waals surface area contributed by atoms with E-state index in [9.17, 15) is 4.79 Å². The Labute approximate surface area is 113 Å². The maximum atomic E-state index is 11.9. The van der Waals surface area contributed by atoms with Crippen LogP contribution in [0.2, 0.25) is 0 Å². The summed E-state index contributed by atoms with van der Waals surface area (Å²) in [5.74, 6) is -0.216. The molecule has 0 aliphatic carbocycles. The van der Waals surface area contributed by atoms with E-state index in [1.165, 1.54) is 22.7 Å². The van der Waals surface area contributed by atoms with Gasteiger partial charge in [0.15, 0.2) is 5.13 Å². The number of anilines is 1. The van der Waals surface area contributed by atoms with Gasteiger partial charge in [0.2, 0.25) is 0 Å². The standard InChI is InChI=1S/C11H14N4OS2/c1-2-7-5-13-11(18-7)15-10(16)8-6-17-9(14-8)3-4-12/h5-6H,2-4,12H2,1H3,(H,13,15,16). The summed E-state index contributed by atoms with van der Waals surface area (Å²) < 4.78 is 0. The molecule has 0 atom stereocenters. The molecule has 0 aliphatic rings. The van der Waals surface area contributed by atoms with Gasteiger partial charge in [-0.25, -0.2) is 9.97 Å². The van der Waals surface area contributed by atoms with Gasteiger partial charge in [0, 0.05) is 22.9 Å². The van der Waals surface area contributed by atoms with Gasteiger partial charge in [0.25, 0.3) is 5.91 Å². The zero-order chi connectivity index (χ0) is 13.0. The maximum absolute atomic E-state index is 11.9. The molecular formula is C11H14N4OS2. The van der Waals surface area contributed by atoms with Gasteiger partial charge < -0.3 is 5.73 Å². The number of aromatic nitrogens is 2. The molecule has 0 aliphatic heterocycles. The van der Waals surface area contributed by atoms with Crippen molar-refractivity contribution in [2.24, 2.45) is 5.73 Å². The first-order valence-electron chi connectivity index (χ1n) is 5.63. The largest absolute Gasteiger partial charge is 0.330 e. The number of hydrogen-bond acceptors (Lipinski definition) is 6. The molecule has 0 saturated heterocycles. The summed E-state index contributed by atoms with van der Waals surface area (Å²) in [6.07, 6.45) is 3.40. The van der Waals surface area contributed by atoms with E-state index in [0.29, 0.717) is 23.8 Å². The second kappa shape index (κ2) is 6.03. The van der Waals surface area contributed by atoms with Gasteiger partial charge in [-0.05, 0) is 13.0 Å². The van der Waals surface area contributed by atoms with E-state index < -0.39 is 0 Å². The van der Waals surface area contributed by atoms with Crippen LogP contribution in [0.1, 0.15) is 27.3 Å². The summed E-state index contributed by atoms with van der Waals surface area (Å²) in [7, 11) is 0. The van der Waals surface area contributed by atoms with Crippen LogP contribution in [0.15, 0.2) is 11.6 Å². The number of thiazole rings is 2. The fourth-order valence-corrected chi connectivity index (χ4v) is 2.88. The quantitative estimate of drug-likeness (QED) is 0.878. The summed E-state index contributed by atoms with van der Waals surface area (Å²) in [6, 6.07) is 0. The molecule has 2 rings (SSSR count). The fraction of sp³-hybridized carbons (Fsp3) is 0.364. The van der Waals surface area contributed by atoms with E-state index in [-0.39, 0.29) is 5.91 Å². The summed E-state index contributed by atoms with van der Waals surface area (Å²) in [4.78, 5) is 21.4. The molecule has 2 heterocycles. The Morgan fingerprint density at radius 1 is 1.56 bits per heavy atom. The van der Waals surface area contributed by atoms with E-state index in [2.05, 4.69) is 22.2 Å². The van der Waals surface area contributed by atoms with Gasteiger partial charge in [-0.15, -0.1) is 22.7 Å². The SMILES string of the molecule is CCc1cnc(NC(=O)c2csc(CCN)n2)s1. The first-order chi connectivity index (χ1) is 8.72. The molecular weight excluding hydrogens is 268 g/mol. The molecule has 96 valence electrons. The lowest BCUT2D eigenvalue weighted by molar-refractivity contribution is 0.102. The second-order valence-corrected chi connectivity index (χ2v) is 5.66. The van der Waals surface area contributed by atoms with Crippen LogP contribution in [0, 0.1) is 0 Å². The molecule has 2 aromatic heterocycles. The second-order valence-electron chi connectivity index (χ2n) is 3.60. The zero-order valence-electron chi connectivity index (χ0n) is 9.97. The molecule has 0 saturated carbocycles. The molecule has 0 radical (unpaired) electrons. The van der Waals surface area contributed by atoms with Crippen molar-refractivity contribution in [2.45, 2.75) is 19.8 Å². The number of nitrogens with two attached hydrogens (primary N) is 1. The van der Waals surface area contributed by atoms with Crippen LogP contribution in [-0.4, -0.2) is 22.4 Å². The third kappa shape index (κ3) is 3.12. The number of carbonyl (C=O) groups is 1. The Kier molecular flexibility index (Phi) is 4.40. The lowest BCUT2D eigenvalue weighted by Crippen LogP contribution is -2.12. The van der Waals surface area contributed by atoms with Crippen molar-refractivity contribution in [1.82, 2.24) is 9.97 Å². The van der Waals surface area contributed by atoms with Crippen LogP contribution in [0.25, 0.3) is 0 Å². The monoisotopic (exact) mass is 282 g/mol. The van der Waals surface area contributed by atoms with Crippen molar-refractivity contribution in [3.05, 3.63) is 27.2 Å². The number of nitrogens with one attached hydrogen (secondary N) is 1. The first kappa shape index (κ1) is 13.1. The molecule has 0 aromatic carbocycles. The molecule has 0 fully saturated rings. The Bertz CT molecular complexity index is 535. The van der Waals surface area contributed by atoms with Crippen molar-refractivity contribution >= 4 is 33.7 Å². The van der Waals surface area contributed by atoms with E-state index >= 15 is 0 Å². The maximum Gasteiger partial charge on any atom is 0.276 e. The number of carbonyl (C=O) groups excluding carboxylic acids is 1. The van der Waals surface area contributed by atoms with Crippen molar-refractivity contribution in [3.63, 3.8) is 0 Å². The molecule has 0 spiro atoms. The van der Waals surface area contributed by atoms with Crippen molar-refractivity contribution in [3.8, 4) is 0 Å². The van der Waals surface area contributed by atoms with Crippen LogP contribution in [-0.2, 0) is 12.8 Å². The van der Waals surface area contributed by atoms with Crippen LogP contribution in [0.3, 0.4) is 0 Å². The van der Waals surface area contributed by atoms with Crippen LogP contribution in [0.4, 0.5) is 5.13 Å². The molecule has 2 aromatic rings. The summed E-state index contributed by atoms with van der Waals surface area (Å²) in [5.41, 5.74) is 5.87. The number of amides is 1. The molecule has 3 N–H and O–H groups in total. The Morgan fingerprint density at radius 3 is 3.06 bits per heavy atom. The molecule has 0 unspecified atom stereocenters. The minimum atomic E-state index is -0.216. The fourth-order valence-electron chi connectivity index (χ4n) is 1.34. The smallest absolute Gasteiger partial charge is 0.276 e. The third-order valence-corrected chi connectivity index (χ3v) is 4.23. The van der Waals surface area contributed by atoms with Gasteiger partial charge in [0.1, 0.15) is 5.69 Å². The van der Waals surface area contributed by atoms with Gasteiger partial charge >= 0.3 is 0 Å². The molecule has 5 nitrogen and oxygen atoms in total. The average molecular weight is 282 g/mol.